The minimum Gasteiger partial charge on any atom is -0.394 e. The number of carbonyl (C=O) groups excluding carboxylic acids is 1. The van der Waals surface area contributed by atoms with Gasteiger partial charge in [0.2, 0.25) is 5.91 Å². The van der Waals surface area contributed by atoms with Crippen molar-refractivity contribution in [1.82, 2.24) is 5.32 Å². The molecule has 0 aromatic carbocycles. The summed E-state index contributed by atoms with van der Waals surface area (Å²) in [5.41, 5.74) is 0. The van der Waals surface area contributed by atoms with Crippen molar-refractivity contribution in [3.63, 3.8) is 0 Å². The third-order valence-corrected chi connectivity index (χ3v) is 21.1. The Morgan fingerprint density at radius 1 is 0.354 bits per heavy atom. The molecule has 3 heterocycles. The van der Waals surface area contributed by atoms with Gasteiger partial charge in [0.15, 0.2) is 18.9 Å². The number of nitrogens with one attached hydrogen (secondary N) is 1. The quantitative estimate of drug-likeness (QED) is 0.0199. The number of hydrogen-bond acceptors (Lipinski definition) is 18. The molecule has 0 aromatic rings. The summed E-state index contributed by atoms with van der Waals surface area (Å²) in [5, 5.41) is 121. The lowest BCUT2D eigenvalue weighted by molar-refractivity contribution is -0.379. The van der Waals surface area contributed by atoms with Crippen LogP contribution < -0.4 is 5.32 Å². The van der Waals surface area contributed by atoms with E-state index in [-0.39, 0.29) is 18.9 Å². The number of allylic oxidation sites excluding steroid dienone is 2. The van der Waals surface area contributed by atoms with E-state index >= 15 is 0 Å². The smallest absolute Gasteiger partial charge is 0.220 e. The first-order valence-electron chi connectivity index (χ1n) is 41.4. The molecule has 17 atom stereocenters. The van der Waals surface area contributed by atoms with Crippen molar-refractivity contribution in [3.8, 4) is 0 Å². The van der Waals surface area contributed by atoms with Crippen LogP contribution in [-0.2, 0) is 33.2 Å². The van der Waals surface area contributed by atoms with Gasteiger partial charge in [-0.1, -0.05) is 328 Å². The number of amides is 1. The molecule has 19 heteroatoms. The number of unbranched alkanes of at least 4 members (excludes halogenated alkanes) is 49. The summed E-state index contributed by atoms with van der Waals surface area (Å²) < 4.78 is 34.5. The van der Waals surface area contributed by atoms with Gasteiger partial charge in [0.25, 0.3) is 0 Å². The van der Waals surface area contributed by atoms with Gasteiger partial charge in [0.1, 0.15) is 73.2 Å². The summed E-state index contributed by atoms with van der Waals surface area (Å²) in [6.07, 6.45) is 46.0. The second kappa shape index (κ2) is 61.7. The molecule has 0 spiro atoms. The lowest BCUT2D eigenvalue weighted by atomic mass is 9.96. The van der Waals surface area contributed by atoms with Crippen LogP contribution in [-0.4, -0.2) is 193 Å². The molecule has 3 fully saturated rings. The van der Waals surface area contributed by atoms with Crippen LogP contribution in [0.4, 0.5) is 0 Å². The molecule has 3 rings (SSSR count). The Morgan fingerprint density at radius 3 is 0.980 bits per heavy atom. The molecule has 1 amide bonds. The maximum absolute atomic E-state index is 13.5. The summed E-state index contributed by atoms with van der Waals surface area (Å²) >= 11 is 0. The van der Waals surface area contributed by atoms with E-state index in [1.165, 1.54) is 283 Å². The Morgan fingerprint density at radius 2 is 0.636 bits per heavy atom. The predicted octanol–water partition coefficient (Wildman–Crippen LogP) is 14.0. The van der Waals surface area contributed by atoms with Crippen molar-refractivity contribution in [2.45, 2.75) is 465 Å². The zero-order valence-corrected chi connectivity index (χ0v) is 62.8. The number of aliphatic hydroxyl groups is 11. The van der Waals surface area contributed by atoms with Crippen LogP contribution in [0.3, 0.4) is 0 Å². The second-order valence-electron chi connectivity index (χ2n) is 29.9. The number of carbonyl (C=O) groups is 1. The van der Waals surface area contributed by atoms with Crippen molar-refractivity contribution in [2.75, 3.05) is 26.4 Å². The predicted molar refractivity (Wildman–Crippen MR) is 393 cm³/mol. The van der Waals surface area contributed by atoms with Gasteiger partial charge in [0.05, 0.1) is 38.6 Å². The summed E-state index contributed by atoms with van der Waals surface area (Å²) in [7, 11) is 0. The standard InChI is InChI=1S/C80H153NO18/c1-3-5-7-9-11-13-15-17-19-21-23-24-25-26-27-28-29-30-31-32-33-34-35-36-37-38-40-42-44-46-48-50-52-54-56-58-68(86)81-63(64(85)57-55-53-51-49-47-45-43-41-39-22-20-18-16-14-12-10-8-6-4-2)62-94-78-74(92)71(89)76(66(60-83)96-78)99-80-75(93)72(90)77(67(61-84)97-80)98-79-73(91)70(88)69(87)65(59-82)95-79/h21,23,63-67,69-80,82-85,87-93H,3-20,22,24-62H2,1-2H3,(H,81,86)/b23-21-. The van der Waals surface area contributed by atoms with Gasteiger partial charge >= 0.3 is 0 Å². The number of aliphatic hydroxyl groups excluding tert-OH is 11. The Hall–Kier alpha value is -1.47. The highest BCUT2D eigenvalue weighted by Crippen LogP contribution is 2.33. The van der Waals surface area contributed by atoms with Gasteiger partial charge in [-0.3, -0.25) is 4.79 Å². The normalized spacial score (nSPS) is 26.6. The molecule has 586 valence electrons. The summed E-state index contributed by atoms with van der Waals surface area (Å²) in [5.74, 6) is -0.234. The lowest BCUT2D eigenvalue weighted by Crippen LogP contribution is -2.66. The van der Waals surface area contributed by atoms with Crippen molar-refractivity contribution in [2.24, 2.45) is 0 Å². The summed E-state index contributed by atoms with van der Waals surface area (Å²) in [4.78, 5) is 13.5. The number of ether oxygens (including phenoxy) is 6. The van der Waals surface area contributed by atoms with E-state index in [9.17, 15) is 61.0 Å². The topological polar surface area (TPSA) is 307 Å². The fourth-order valence-corrected chi connectivity index (χ4v) is 14.4. The second-order valence-corrected chi connectivity index (χ2v) is 29.9. The molecular formula is C80H153NO18. The van der Waals surface area contributed by atoms with Gasteiger partial charge < -0.3 is 89.9 Å². The van der Waals surface area contributed by atoms with Crippen LogP contribution in [0.15, 0.2) is 12.2 Å². The van der Waals surface area contributed by atoms with E-state index in [0.717, 1.165) is 44.9 Å². The van der Waals surface area contributed by atoms with E-state index in [1.54, 1.807) is 0 Å². The largest absolute Gasteiger partial charge is 0.394 e. The lowest BCUT2D eigenvalue weighted by Gasteiger charge is -2.48. The molecule has 3 saturated heterocycles. The third-order valence-electron chi connectivity index (χ3n) is 21.1. The van der Waals surface area contributed by atoms with E-state index in [2.05, 4.69) is 31.3 Å². The monoisotopic (exact) mass is 1420 g/mol. The molecule has 3 aliphatic rings. The molecule has 19 nitrogen and oxygen atoms in total. The zero-order chi connectivity index (χ0) is 71.8. The Bertz CT molecular complexity index is 1840. The Balaban J connectivity index is 1.32. The first-order valence-corrected chi connectivity index (χ1v) is 41.4. The van der Waals surface area contributed by atoms with Gasteiger partial charge in [-0.15, -0.1) is 0 Å². The van der Waals surface area contributed by atoms with E-state index < -0.39 is 124 Å². The van der Waals surface area contributed by atoms with Gasteiger partial charge in [0, 0.05) is 6.42 Å². The van der Waals surface area contributed by atoms with Crippen LogP contribution in [0.2, 0.25) is 0 Å². The van der Waals surface area contributed by atoms with E-state index in [1.807, 2.05) is 0 Å². The van der Waals surface area contributed by atoms with Crippen LogP contribution in [0.5, 0.6) is 0 Å². The molecule has 0 saturated carbocycles. The fraction of sp³-hybridized carbons (Fsp3) is 0.963. The molecule has 0 aliphatic carbocycles. The van der Waals surface area contributed by atoms with Crippen LogP contribution in [0, 0.1) is 0 Å². The summed E-state index contributed by atoms with van der Waals surface area (Å²) in [6, 6.07) is -0.884. The molecule has 12 N–H and O–H groups in total. The molecule has 99 heavy (non-hydrogen) atoms. The van der Waals surface area contributed by atoms with Gasteiger partial charge in [-0.2, -0.15) is 0 Å². The van der Waals surface area contributed by atoms with Crippen LogP contribution in [0.1, 0.15) is 361 Å². The highest BCUT2D eigenvalue weighted by Gasteiger charge is 2.54. The molecular weight excluding hydrogens is 1260 g/mol. The first kappa shape index (κ1) is 91.7. The molecule has 0 radical (unpaired) electrons. The van der Waals surface area contributed by atoms with Crippen molar-refractivity contribution in [3.05, 3.63) is 12.2 Å². The molecule has 17 unspecified atom stereocenters. The highest BCUT2D eigenvalue weighted by atomic mass is 16.8. The third kappa shape index (κ3) is 41.9. The average Bonchev–Trinajstić information content (AvgIpc) is 0.784. The molecule has 0 bridgehead atoms. The van der Waals surface area contributed by atoms with Gasteiger partial charge in [-0.25, -0.2) is 0 Å². The number of rotatable bonds is 67. The van der Waals surface area contributed by atoms with E-state index in [0.29, 0.717) is 12.8 Å². The minimum absolute atomic E-state index is 0.234. The van der Waals surface area contributed by atoms with Gasteiger partial charge in [-0.05, 0) is 38.5 Å². The fourth-order valence-electron chi connectivity index (χ4n) is 14.4. The zero-order valence-electron chi connectivity index (χ0n) is 62.8. The SMILES string of the molecule is CCCCCCCCCC/C=C\CCCCCCCCCCCCCCCCCCCCCCCCCC(=O)NC(COC1OC(CO)C(OC2OC(CO)C(OC3OC(CO)C(O)C(O)C3O)C(O)C2O)C(O)C1O)C(O)CCCCCCCCCCCCCCCCCCCCC. The first-order chi connectivity index (χ1) is 48.3. The maximum Gasteiger partial charge on any atom is 0.220 e. The Labute approximate surface area is 601 Å². The molecule has 3 aliphatic heterocycles. The van der Waals surface area contributed by atoms with Crippen molar-refractivity contribution >= 4 is 5.91 Å². The van der Waals surface area contributed by atoms with Crippen molar-refractivity contribution in [1.29, 1.82) is 0 Å². The number of hydrogen-bond donors (Lipinski definition) is 12. The Kier molecular flexibility index (Phi) is 57.1. The summed E-state index contributed by atoms with van der Waals surface area (Å²) in [6.45, 7) is 1.86. The minimum atomic E-state index is -1.97. The van der Waals surface area contributed by atoms with E-state index in [4.69, 9.17) is 28.4 Å². The van der Waals surface area contributed by atoms with Crippen LogP contribution in [0.25, 0.3) is 0 Å². The van der Waals surface area contributed by atoms with Crippen LogP contribution >= 0.6 is 0 Å². The maximum atomic E-state index is 13.5. The highest BCUT2D eigenvalue weighted by molar-refractivity contribution is 5.76. The molecule has 0 aromatic heterocycles. The average molecular weight is 1420 g/mol. The van der Waals surface area contributed by atoms with Crippen molar-refractivity contribution < 1.29 is 89.4 Å².